The highest BCUT2D eigenvalue weighted by Crippen LogP contribution is 2.33. The summed E-state index contributed by atoms with van der Waals surface area (Å²) in [6.07, 6.45) is 9.99. The molecule has 2 heteroatoms. The molecule has 0 bridgehead atoms. The lowest BCUT2D eigenvalue weighted by molar-refractivity contribution is -0.134. The van der Waals surface area contributed by atoms with E-state index in [0.717, 1.165) is 18.8 Å². The molecule has 0 N–H and O–H groups in total. The quantitative estimate of drug-likeness (QED) is 0.376. The molecule has 0 spiro atoms. The number of rotatable bonds is 7. The van der Waals surface area contributed by atoms with Crippen LogP contribution in [0.15, 0.2) is 42.0 Å². The monoisotopic (exact) mass is 300 g/mol. The second-order valence-electron chi connectivity index (χ2n) is 6.26. The smallest absolute Gasteiger partial charge is 0.311 e. The van der Waals surface area contributed by atoms with Gasteiger partial charge in [0, 0.05) is 6.42 Å². The number of ether oxygens (including phenoxy) is 1. The van der Waals surface area contributed by atoms with Gasteiger partial charge in [0.1, 0.15) is 5.75 Å². The second kappa shape index (κ2) is 8.77. The number of hydrogen-bond donors (Lipinski definition) is 0. The summed E-state index contributed by atoms with van der Waals surface area (Å²) in [5.74, 6) is 1.93. The number of hydrogen-bond acceptors (Lipinski definition) is 2. The van der Waals surface area contributed by atoms with Crippen LogP contribution in [0.1, 0.15) is 58.8 Å². The number of esters is 1. The standard InChI is InChI=1S/C20H28O2/c1-3-16-10-12-18(13-11-16)17(4-2)14-15-20(21)22-19-8-6-5-7-9-19/h5-9,12,16-17H,3-4,10-11,13-15H2,1-2H3. The van der Waals surface area contributed by atoms with E-state index in [0.29, 0.717) is 18.1 Å². The predicted octanol–water partition coefficient (Wildman–Crippen LogP) is 5.53. The highest BCUT2D eigenvalue weighted by Gasteiger charge is 2.19. The van der Waals surface area contributed by atoms with Crippen LogP contribution in [0.3, 0.4) is 0 Å². The van der Waals surface area contributed by atoms with Crippen molar-refractivity contribution < 1.29 is 9.53 Å². The van der Waals surface area contributed by atoms with Gasteiger partial charge in [-0.2, -0.15) is 0 Å². The van der Waals surface area contributed by atoms with Gasteiger partial charge < -0.3 is 4.74 Å². The maximum Gasteiger partial charge on any atom is 0.311 e. The molecule has 0 radical (unpaired) electrons. The SMILES string of the molecule is CCC1CC=C(C(CC)CCC(=O)Oc2ccccc2)CC1. The number of para-hydroxylation sites is 1. The highest BCUT2D eigenvalue weighted by atomic mass is 16.5. The zero-order valence-electron chi connectivity index (χ0n) is 13.9. The van der Waals surface area contributed by atoms with E-state index in [9.17, 15) is 4.79 Å². The Morgan fingerprint density at radius 3 is 2.64 bits per heavy atom. The van der Waals surface area contributed by atoms with Crippen molar-refractivity contribution in [3.05, 3.63) is 42.0 Å². The third-order valence-electron chi connectivity index (χ3n) is 4.82. The zero-order valence-corrected chi connectivity index (χ0v) is 13.9. The molecule has 0 aromatic heterocycles. The first-order chi connectivity index (χ1) is 10.7. The lowest BCUT2D eigenvalue weighted by atomic mass is 9.80. The lowest BCUT2D eigenvalue weighted by Gasteiger charge is -2.26. The van der Waals surface area contributed by atoms with E-state index < -0.39 is 0 Å². The largest absolute Gasteiger partial charge is 0.427 e. The van der Waals surface area contributed by atoms with Crippen molar-refractivity contribution in [3.63, 3.8) is 0 Å². The highest BCUT2D eigenvalue weighted by molar-refractivity contribution is 5.72. The van der Waals surface area contributed by atoms with Crippen molar-refractivity contribution in [2.45, 2.75) is 58.8 Å². The Hall–Kier alpha value is -1.57. The second-order valence-corrected chi connectivity index (χ2v) is 6.26. The Balaban J connectivity index is 1.81. The third kappa shape index (κ3) is 5.01. The molecule has 2 rings (SSSR count). The van der Waals surface area contributed by atoms with Crippen LogP contribution in [-0.2, 0) is 4.79 Å². The zero-order chi connectivity index (χ0) is 15.8. The molecule has 2 unspecified atom stereocenters. The Morgan fingerprint density at radius 2 is 2.05 bits per heavy atom. The Labute approximate surface area is 134 Å². The average molecular weight is 300 g/mol. The third-order valence-corrected chi connectivity index (χ3v) is 4.82. The fraction of sp³-hybridized carbons (Fsp3) is 0.550. The van der Waals surface area contributed by atoms with E-state index >= 15 is 0 Å². The van der Waals surface area contributed by atoms with Gasteiger partial charge in [-0.05, 0) is 56.1 Å². The van der Waals surface area contributed by atoms with Crippen molar-refractivity contribution in [3.8, 4) is 5.75 Å². The summed E-state index contributed by atoms with van der Waals surface area (Å²) in [6.45, 7) is 4.50. The van der Waals surface area contributed by atoms with Gasteiger partial charge in [-0.3, -0.25) is 4.79 Å². The van der Waals surface area contributed by atoms with Crippen molar-refractivity contribution in [1.29, 1.82) is 0 Å². The molecule has 2 atom stereocenters. The van der Waals surface area contributed by atoms with E-state index in [1.165, 1.54) is 25.7 Å². The van der Waals surface area contributed by atoms with Gasteiger partial charge in [0.15, 0.2) is 0 Å². The first-order valence-corrected chi connectivity index (χ1v) is 8.67. The minimum atomic E-state index is -0.118. The Kier molecular flexibility index (Phi) is 6.70. The number of carbonyl (C=O) groups is 1. The van der Waals surface area contributed by atoms with Gasteiger partial charge in [-0.15, -0.1) is 0 Å². The molecule has 0 aliphatic heterocycles. The first kappa shape index (κ1) is 16.8. The number of allylic oxidation sites excluding steroid dienone is 2. The molecule has 120 valence electrons. The summed E-state index contributed by atoms with van der Waals surface area (Å²) >= 11 is 0. The summed E-state index contributed by atoms with van der Waals surface area (Å²) < 4.78 is 5.37. The Bertz CT molecular complexity index is 490. The van der Waals surface area contributed by atoms with E-state index in [1.807, 2.05) is 30.3 Å². The topological polar surface area (TPSA) is 26.3 Å². The molecule has 0 heterocycles. The van der Waals surface area contributed by atoms with Crippen molar-refractivity contribution in [1.82, 2.24) is 0 Å². The van der Waals surface area contributed by atoms with E-state index in [2.05, 4.69) is 19.9 Å². The molecule has 1 aliphatic rings. The van der Waals surface area contributed by atoms with Gasteiger partial charge in [-0.25, -0.2) is 0 Å². The summed E-state index contributed by atoms with van der Waals surface area (Å²) in [7, 11) is 0. The van der Waals surface area contributed by atoms with E-state index in [1.54, 1.807) is 5.57 Å². The normalized spacial score (nSPS) is 19.4. The molecule has 1 aromatic rings. The lowest BCUT2D eigenvalue weighted by Crippen LogP contribution is -2.14. The molecular weight excluding hydrogens is 272 g/mol. The van der Waals surface area contributed by atoms with Crippen LogP contribution >= 0.6 is 0 Å². The van der Waals surface area contributed by atoms with Crippen LogP contribution in [-0.4, -0.2) is 5.97 Å². The minimum absolute atomic E-state index is 0.118. The van der Waals surface area contributed by atoms with Gasteiger partial charge in [-0.1, -0.05) is 50.1 Å². The van der Waals surface area contributed by atoms with Crippen LogP contribution < -0.4 is 4.74 Å². The molecule has 0 fully saturated rings. The maximum atomic E-state index is 12.0. The fourth-order valence-electron chi connectivity index (χ4n) is 3.27. The fourth-order valence-corrected chi connectivity index (χ4v) is 3.27. The molecule has 0 saturated carbocycles. The van der Waals surface area contributed by atoms with Crippen LogP contribution in [0.2, 0.25) is 0 Å². The Morgan fingerprint density at radius 1 is 1.27 bits per heavy atom. The molecule has 0 amide bonds. The van der Waals surface area contributed by atoms with Crippen LogP contribution in [0.4, 0.5) is 0 Å². The number of benzene rings is 1. The van der Waals surface area contributed by atoms with Crippen LogP contribution in [0.25, 0.3) is 0 Å². The van der Waals surface area contributed by atoms with Gasteiger partial charge >= 0.3 is 5.97 Å². The predicted molar refractivity (Wildman–Crippen MR) is 90.8 cm³/mol. The molecule has 1 aromatic carbocycles. The number of carbonyl (C=O) groups excluding carboxylic acids is 1. The van der Waals surface area contributed by atoms with Crippen molar-refractivity contribution in [2.24, 2.45) is 11.8 Å². The summed E-state index contributed by atoms with van der Waals surface area (Å²) in [6, 6.07) is 9.33. The molecule has 22 heavy (non-hydrogen) atoms. The van der Waals surface area contributed by atoms with Crippen molar-refractivity contribution in [2.75, 3.05) is 0 Å². The molecule has 2 nitrogen and oxygen atoms in total. The average Bonchev–Trinajstić information content (AvgIpc) is 2.57. The molecular formula is C20H28O2. The first-order valence-electron chi connectivity index (χ1n) is 8.67. The summed E-state index contributed by atoms with van der Waals surface area (Å²) in [5.41, 5.74) is 1.57. The van der Waals surface area contributed by atoms with Crippen molar-refractivity contribution >= 4 is 5.97 Å². The van der Waals surface area contributed by atoms with Gasteiger partial charge in [0.2, 0.25) is 0 Å². The summed E-state index contributed by atoms with van der Waals surface area (Å²) in [5, 5.41) is 0. The van der Waals surface area contributed by atoms with Crippen LogP contribution in [0, 0.1) is 11.8 Å². The van der Waals surface area contributed by atoms with E-state index in [-0.39, 0.29) is 5.97 Å². The van der Waals surface area contributed by atoms with Gasteiger partial charge in [0.25, 0.3) is 0 Å². The molecule has 1 aliphatic carbocycles. The van der Waals surface area contributed by atoms with Gasteiger partial charge in [0.05, 0.1) is 0 Å². The summed E-state index contributed by atoms with van der Waals surface area (Å²) in [4.78, 5) is 12.0. The minimum Gasteiger partial charge on any atom is -0.427 e. The van der Waals surface area contributed by atoms with E-state index in [4.69, 9.17) is 4.74 Å². The molecule has 0 saturated heterocycles. The van der Waals surface area contributed by atoms with Crippen LogP contribution in [0.5, 0.6) is 5.75 Å². The maximum absolute atomic E-state index is 12.0.